The van der Waals surface area contributed by atoms with E-state index < -0.39 is 11.9 Å². The van der Waals surface area contributed by atoms with E-state index in [2.05, 4.69) is 15.2 Å². The van der Waals surface area contributed by atoms with Gasteiger partial charge in [0.1, 0.15) is 5.69 Å². The van der Waals surface area contributed by atoms with Gasteiger partial charge in [0.15, 0.2) is 0 Å². The average molecular weight is 288 g/mol. The van der Waals surface area contributed by atoms with E-state index in [0.29, 0.717) is 12.2 Å². The molecule has 2 rings (SSSR count). The lowest BCUT2D eigenvalue weighted by Gasteiger charge is -2.16. The number of pyridine rings is 1. The van der Waals surface area contributed by atoms with Gasteiger partial charge in [0, 0.05) is 6.54 Å². The van der Waals surface area contributed by atoms with Gasteiger partial charge in [0.05, 0.1) is 17.6 Å². The first-order chi connectivity index (χ1) is 9.47. The number of rotatable bonds is 5. The van der Waals surface area contributed by atoms with Crippen molar-refractivity contribution in [2.24, 2.45) is 0 Å². The third-order valence-corrected chi connectivity index (χ3v) is 3.39. The number of alkyl halides is 3. The lowest BCUT2D eigenvalue weighted by atomic mass is 10.2. The zero-order chi connectivity index (χ0) is 14.6. The van der Waals surface area contributed by atoms with Crippen molar-refractivity contribution in [3.63, 3.8) is 0 Å². The Kier molecular flexibility index (Phi) is 4.69. The molecular weight excluding hydrogens is 269 g/mol. The van der Waals surface area contributed by atoms with Crippen LogP contribution in [0, 0.1) is 0 Å². The molecule has 4 nitrogen and oxygen atoms in total. The third kappa shape index (κ3) is 4.00. The number of halogens is 3. The first-order valence-corrected chi connectivity index (χ1v) is 6.76. The molecule has 1 aliphatic heterocycles. The fourth-order valence-electron chi connectivity index (χ4n) is 2.31. The van der Waals surface area contributed by atoms with Crippen molar-refractivity contribution < 1.29 is 13.2 Å². The number of hydrogen-bond donors (Lipinski definition) is 2. The standard InChI is InChI=1S/C13H19F3N4/c14-13(15,16)12-8-11(10(17)9-19-12)18-4-3-7-20-5-1-2-6-20/h8-9H,1-7,17H2,(H,18,19). The first-order valence-electron chi connectivity index (χ1n) is 6.76. The Morgan fingerprint density at radius 2 is 2.00 bits per heavy atom. The van der Waals surface area contributed by atoms with Crippen molar-refractivity contribution in [1.29, 1.82) is 0 Å². The number of anilines is 2. The average Bonchev–Trinajstić information content (AvgIpc) is 2.88. The van der Waals surface area contributed by atoms with Crippen LogP contribution in [0.1, 0.15) is 25.0 Å². The number of nitrogen functional groups attached to an aromatic ring is 1. The van der Waals surface area contributed by atoms with Crippen LogP contribution in [-0.2, 0) is 6.18 Å². The molecule has 1 aromatic rings. The summed E-state index contributed by atoms with van der Waals surface area (Å²) >= 11 is 0. The van der Waals surface area contributed by atoms with Gasteiger partial charge in [-0.1, -0.05) is 0 Å². The van der Waals surface area contributed by atoms with Gasteiger partial charge in [-0.25, -0.2) is 4.98 Å². The lowest BCUT2D eigenvalue weighted by Crippen LogP contribution is -2.22. The van der Waals surface area contributed by atoms with Crippen LogP contribution in [0.2, 0.25) is 0 Å². The predicted molar refractivity (Wildman–Crippen MR) is 72.4 cm³/mol. The molecule has 0 aromatic carbocycles. The maximum absolute atomic E-state index is 12.6. The predicted octanol–water partition coefficient (Wildman–Crippen LogP) is 2.58. The summed E-state index contributed by atoms with van der Waals surface area (Å²) in [5, 5.41) is 2.96. The minimum atomic E-state index is -4.44. The molecule has 0 amide bonds. The van der Waals surface area contributed by atoms with Crippen LogP contribution in [-0.4, -0.2) is 36.1 Å². The monoisotopic (exact) mass is 288 g/mol. The topological polar surface area (TPSA) is 54.2 Å². The summed E-state index contributed by atoms with van der Waals surface area (Å²) in [5.41, 5.74) is 5.25. The fraction of sp³-hybridized carbons (Fsp3) is 0.615. The second-order valence-corrected chi connectivity index (χ2v) is 4.98. The summed E-state index contributed by atoms with van der Waals surface area (Å²) < 4.78 is 37.7. The van der Waals surface area contributed by atoms with Crippen LogP contribution >= 0.6 is 0 Å². The Balaban J connectivity index is 1.85. The molecule has 0 spiro atoms. The zero-order valence-corrected chi connectivity index (χ0v) is 11.2. The van der Waals surface area contributed by atoms with Crippen LogP contribution in [0.3, 0.4) is 0 Å². The van der Waals surface area contributed by atoms with E-state index in [1.807, 2.05) is 0 Å². The van der Waals surface area contributed by atoms with Crippen molar-refractivity contribution in [2.45, 2.75) is 25.4 Å². The van der Waals surface area contributed by atoms with Crippen LogP contribution in [0.5, 0.6) is 0 Å². The van der Waals surface area contributed by atoms with Gasteiger partial charge in [-0.3, -0.25) is 0 Å². The molecule has 0 atom stereocenters. The SMILES string of the molecule is Nc1cnc(C(F)(F)F)cc1NCCCN1CCCC1. The van der Waals surface area contributed by atoms with Crippen molar-refractivity contribution in [3.8, 4) is 0 Å². The van der Waals surface area contributed by atoms with Crippen LogP contribution < -0.4 is 11.1 Å². The summed E-state index contributed by atoms with van der Waals surface area (Å²) in [5.74, 6) is 0. The van der Waals surface area contributed by atoms with Crippen LogP contribution in [0.25, 0.3) is 0 Å². The van der Waals surface area contributed by atoms with E-state index in [1.54, 1.807) is 0 Å². The minimum Gasteiger partial charge on any atom is -0.396 e. The summed E-state index contributed by atoms with van der Waals surface area (Å²) in [4.78, 5) is 5.66. The molecule has 1 aromatic heterocycles. The van der Waals surface area contributed by atoms with Crippen molar-refractivity contribution in [2.75, 3.05) is 37.2 Å². The molecule has 20 heavy (non-hydrogen) atoms. The highest BCUT2D eigenvalue weighted by atomic mass is 19.4. The smallest absolute Gasteiger partial charge is 0.396 e. The molecule has 2 heterocycles. The Labute approximate surface area is 116 Å². The molecule has 0 radical (unpaired) electrons. The number of nitrogens with one attached hydrogen (secondary N) is 1. The molecule has 0 bridgehead atoms. The van der Waals surface area contributed by atoms with E-state index in [0.717, 1.165) is 38.3 Å². The van der Waals surface area contributed by atoms with E-state index in [4.69, 9.17) is 5.73 Å². The van der Waals surface area contributed by atoms with Gasteiger partial charge in [-0.15, -0.1) is 0 Å². The lowest BCUT2D eigenvalue weighted by molar-refractivity contribution is -0.141. The van der Waals surface area contributed by atoms with Gasteiger partial charge >= 0.3 is 6.18 Å². The Hall–Kier alpha value is -1.50. The largest absolute Gasteiger partial charge is 0.433 e. The number of hydrogen-bond acceptors (Lipinski definition) is 4. The number of aromatic nitrogens is 1. The minimum absolute atomic E-state index is 0.235. The molecule has 1 saturated heterocycles. The molecule has 7 heteroatoms. The van der Waals surface area contributed by atoms with Crippen LogP contribution in [0.15, 0.2) is 12.3 Å². The molecule has 0 aliphatic carbocycles. The molecular formula is C13H19F3N4. The molecule has 0 unspecified atom stereocenters. The maximum Gasteiger partial charge on any atom is 0.433 e. The quantitative estimate of drug-likeness (QED) is 0.818. The fourth-order valence-corrected chi connectivity index (χ4v) is 2.31. The molecule has 1 aliphatic rings. The van der Waals surface area contributed by atoms with E-state index in [-0.39, 0.29) is 5.69 Å². The van der Waals surface area contributed by atoms with Gasteiger partial charge in [-0.05, 0) is 45.0 Å². The van der Waals surface area contributed by atoms with Gasteiger partial charge in [0.25, 0.3) is 0 Å². The highest BCUT2D eigenvalue weighted by Gasteiger charge is 2.32. The Bertz CT molecular complexity index is 442. The summed E-state index contributed by atoms with van der Waals surface area (Å²) in [6.07, 6.45) is -0.0478. The Morgan fingerprint density at radius 3 is 2.65 bits per heavy atom. The summed E-state index contributed by atoms with van der Waals surface area (Å²) in [7, 11) is 0. The van der Waals surface area contributed by atoms with E-state index >= 15 is 0 Å². The van der Waals surface area contributed by atoms with Crippen molar-refractivity contribution in [3.05, 3.63) is 18.0 Å². The number of likely N-dealkylation sites (tertiary alicyclic amines) is 1. The second kappa shape index (κ2) is 6.30. The van der Waals surface area contributed by atoms with Gasteiger partial charge in [-0.2, -0.15) is 13.2 Å². The Morgan fingerprint density at radius 1 is 1.30 bits per heavy atom. The maximum atomic E-state index is 12.6. The normalized spacial score (nSPS) is 16.6. The van der Waals surface area contributed by atoms with E-state index in [9.17, 15) is 13.2 Å². The third-order valence-electron chi connectivity index (χ3n) is 3.39. The molecule has 1 fully saturated rings. The molecule has 3 N–H and O–H groups in total. The molecule has 112 valence electrons. The van der Waals surface area contributed by atoms with Crippen molar-refractivity contribution in [1.82, 2.24) is 9.88 Å². The number of nitrogens with two attached hydrogens (primary N) is 1. The highest BCUT2D eigenvalue weighted by Crippen LogP contribution is 2.30. The van der Waals surface area contributed by atoms with Crippen LogP contribution in [0.4, 0.5) is 24.5 Å². The summed E-state index contributed by atoms with van der Waals surface area (Å²) in [6, 6.07) is 0.963. The van der Waals surface area contributed by atoms with Gasteiger partial charge < -0.3 is 16.0 Å². The number of nitrogens with zero attached hydrogens (tertiary/aromatic N) is 2. The van der Waals surface area contributed by atoms with Gasteiger partial charge in [0.2, 0.25) is 0 Å². The van der Waals surface area contributed by atoms with E-state index in [1.165, 1.54) is 12.8 Å². The summed E-state index contributed by atoms with van der Waals surface area (Å²) in [6.45, 7) is 3.80. The second-order valence-electron chi connectivity index (χ2n) is 4.98. The zero-order valence-electron chi connectivity index (χ0n) is 11.2. The van der Waals surface area contributed by atoms with Crippen molar-refractivity contribution >= 4 is 11.4 Å². The highest BCUT2D eigenvalue weighted by molar-refractivity contribution is 5.65. The first kappa shape index (κ1) is 14.9. The molecule has 0 saturated carbocycles.